The fourth-order valence-electron chi connectivity index (χ4n) is 3.58. The fourth-order valence-corrected chi connectivity index (χ4v) is 3.58. The van der Waals surface area contributed by atoms with Gasteiger partial charge in [-0.2, -0.15) is 0 Å². The summed E-state index contributed by atoms with van der Waals surface area (Å²) >= 11 is 0. The van der Waals surface area contributed by atoms with Gasteiger partial charge >= 0.3 is 5.97 Å². The Morgan fingerprint density at radius 2 is 1.87 bits per heavy atom. The molecule has 2 aromatic rings. The van der Waals surface area contributed by atoms with Gasteiger partial charge in [-0.1, -0.05) is 48.6 Å². The minimum atomic E-state index is -0.985. The standard InChI is InChI=1S/C24H23F2NO3/c1-4-11-30-24(29)23-16(3)27(14-17-7-10-20(25)21(26)12-17)22(28)13-19(23)18-8-5-15(2)6-9-18/h4-10,12,19H,1,11,13-14H2,2-3H3. The Balaban J connectivity index is 2.01. The van der Waals surface area contributed by atoms with Crippen molar-refractivity contribution in [2.45, 2.75) is 32.7 Å². The summed E-state index contributed by atoms with van der Waals surface area (Å²) in [5, 5.41) is 0. The summed E-state index contributed by atoms with van der Waals surface area (Å²) in [4.78, 5) is 27.2. The van der Waals surface area contributed by atoms with Gasteiger partial charge in [0.25, 0.3) is 0 Å². The van der Waals surface area contributed by atoms with Crippen molar-refractivity contribution in [3.63, 3.8) is 0 Å². The van der Waals surface area contributed by atoms with Gasteiger partial charge in [0.2, 0.25) is 5.91 Å². The van der Waals surface area contributed by atoms with Crippen LogP contribution >= 0.6 is 0 Å². The Morgan fingerprint density at radius 1 is 1.17 bits per heavy atom. The molecule has 30 heavy (non-hydrogen) atoms. The van der Waals surface area contributed by atoms with Crippen molar-refractivity contribution in [2.24, 2.45) is 0 Å². The summed E-state index contributed by atoms with van der Waals surface area (Å²) in [5.41, 5.74) is 3.15. The predicted octanol–water partition coefficient (Wildman–Crippen LogP) is 4.79. The van der Waals surface area contributed by atoms with Gasteiger partial charge in [0.1, 0.15) is 6.61 Å². The SMILES string of the molecule is C=CCOC(=O)C1=C(C)N(Cc2ccc(F)c(F)c2)C(=O)CC1c1ccc(C)cc1. The first-order valence-electron chi connectivity index (χ1n) is 9.61. The molecule has 6 heteroatoms. The summed E-state index contributed by atoms with van der Waals surface area (Å²) < 4.78 is 32.1. The minimum absolute atomic E-state index is 0.0285. The van der Waals surface area contributed by atoms with Gasteiger partial charge in [-0.3, -0.25) is 4.79 Å². The Labute approximate surface area is 174 Å². The van der Waals surface area contributed by atoms with Crippen LogP contribution in [0.2, 0.25) is 0 Å². The number of benzene rings is 2. The van der Waals surface area contributed by atoms with Crippen molar-refractivity contribution >= 4 is 11.9 Å². The van der Waals surface area contributed by atoms with E-state index >= 15 is 0 Å². The van der Waals surface area contributed by atoms with E-state index in [1.807, 2.05) is 31.2 Å². The van der Waals surface area contributed by atoms with E-state index in [2.05, 4.69) is 6.58 Å². The van der Waals surface area contributed by atoms with E-state index in [-0.39, 0.29) is 25.5 Å². The molecule has 0 aromatic heterocycles. The van der Waals surface area contributed by atoms with E-state index < -0.39 is 23.5 Å². The van der Waals surface area contributed by atoms with Gasteiger partial charge in [0.15, 0.2) is 11.6 Å². The molecule has 1 atom stereocenters. The summed E-state index contributed by atoms with van der Waals surface area (Å²) in [6.45, 7) is 7.26. The summed E-state index contributed by atoms with van der Waals surface area (Å²) in [7, 11) is 0. The van der Waals surface area contributed by atoms with E-state index in [0.29, 0.717) is 16.8 Å². The smallest absolute Gasteiger partial charge is 0.336 e. The number of amides is 1. The molecule has 1 heterocycles. The maximum absolute atomic E-state index is 13.6. The van der Waals surface area contributed by atoms with E-state index in [1.54, 1.807) is 6.92 Å². The monoisotopic (exact) mass is 411 g/mol. The molecule has 1 aliphatic heterocycles. The first kappa shape index (κ1) is 21.4. The first-order valence-corrected chi connectivity index (χ1v) is 9.61. The maximum atomic E-state index is 13.6. The molecule has 1 amide bonds. The zero-order valence-corrected chi connectivity index (χ0v) is 17.0. The Morgan fingerprint density at radius 3 is 2.50 bits per heavy atom. The second kappa shape index (κ2) is 9.03. The molecule has 156 valence electrons. The molecule has 0 radical (unpaired) electrons. The number of carbonyl (C=O) groups is 2. The normalized spacial score (nSPS) is 16.6. The third-order valence-electron chi connectivity index (χ3n) is 5.18. The number of carbonyl (C=O) groups excluding carboxylic acids is 2. The topological polar surface area (TPSA) is 46.6 Å². The molecule has 1 aliphatic rings. The van der Waals surface area contributed by atoms with Gasteiger partial charge in [0.05, 0.1) is 12.1 Å². The van der Waals surface area contributed by atoms with Crippen molar-refractivity contribution in [2.75, 3.05) is 6.61 Å². The average molecular weight is 411 g/mol. The van der Waals surface area contributed by atoms with Crippen molar-refractivity contribution in [1.82, 2.24) is 4.90 Å². The van der Waals surface area contributed by atoms with Crippen LogP contribution in [-0.2, 0) is 20.9 Å². The molecule has 4 nitrogen and oxygen atoms in total. The van der Waals surface area contributed by atoms with Crippen LogP contribution in [0, 0.1) is 18.6 Å². The van der Waals surface area contributed by atoms with E-state index in [0.717, 1.165) is 23.3 Å². The maximum Gasteiger partial charge on any atom is 0.336 e. The van der Waals surface area contributed by atoms with Crippen LogP contribution in [0.15, 0.2) is 66.4 Å². The number of nitrogens with zero attached hydrogens (tertiary/aromatic N) is 1. The molecule has 0 spiro atoms. The predicted molar refractivity (Wildman–Crippen MR) is 109 cm³/mol. The van der Waals surface area contributed by atoms with Crippen molar-refractivity contribution < 1.29 is 23.1 Å². The number of rotatable bonds is 6. The average Bonchev–Trinajstić information content (AvgIpc) is 2.72. The molecule has 0 aliphatic carbocycles. The Hall–Kier alpha value is -3.28. The number of hydrogen-bond donors (Lipinski definition) is 0. The summed E-state index contributed by atoms with van der Waals surface area (Å²) in [5.74, 6) is -3.12. The second-order valence-electron chi connectivity index (χ2n) is 7.28. The van der Waals surface area contributed by atoms with Gasteiger partial charge in [-0.25, -0.2) is 13.6 Å². The van der Waals surface area contributed by atoms with Crippen molar-refractivity contribution in [1.29, 1.82) is 0 Å². The highest BCUT2D eigenvalue weighted by atomic mass is 19.2. The van der Waals surface area contributed by atoms with Crippen LogP contribution in [0.4, 0.5) is 8.78 Å². The van der Waals surface area contributed by atoms with Crippen LogP contribution < -0.4 is 0 Å². The van der Waals surface area contributed by atoms with E-state index in [1.165, 1.54) is 17.0 Å². The largest absolute Gasteiger partial charge is 0.458 e. The molecule has 3 rings (SSSR count). The molecular formula is C24H23F2NO3. The van der Waals surface area contributed by atoms with Crippen LogP contribution in [0.1, 0.15) is 36.0 Å². The van der Waals surface area contributed by atoms with Crippen molar-refractivity contribution in [3.8, 4) is 0 Å². The Kier molecular flexibility index (Phi) is 6.45. The minimum Gasteiger partial charge on any atom is -0.458 e. The second-order valence-corrected chi connectivity index (χ2v) is 7.28. The first-order chi connectivity index (χ1) is 14.3. The van der Waals surface area contributed by atoms with Gasteiger partial charge in [-0.05, 0) is 37.1 Å². The number of esters is 1. The van der Waals surface area contributed by atoms with Crippen LogP contribution in [-0.4, -0.2) is 23.4 Å². The number of allylic oxidation sites excluding steroid dienone is 1. The molecule has 0 bridgehead atoms. The van der Waals surface area contributed by atoms with Crippen molar-refractivity contribution in [3.05, 3.63) is 94.7 Å². The lowest BCUT2D eigenvalue weighted by molar-refractivity contribution is -0.139. The quantitative estimate of drug-likeness (QED) is 0.507. The molecule has 0 N–H and O–H groups in total. The molecule has 0 saturated heterocycles. The highest BCUT2D eigenvalue weighted by Gasteiger charge is 2.36. The lowest BCUT2D eigenvalue weighted by Gasteiger charge is -2.34. The number of aryl methyl sites for hydroxylation is 1. The van der Waals surface area contributed by atoms with Crippen LogP contribution in [0.5, 0.6) is 0 Å². The highest BCUT2D eigenvalue weighted by Crippen LogP contribution is 2.37. The lowest BCUT2D eigenvalue weighted by Crippen LogP contribution is -2.38. The molecule has 1 unspecified atom stereocenters. The van der Waals surface area contributed by atoms with E-state index in [4.69, 9.17) is 4.74 Å². The Bertz CT molecular complexity index is 1010. The van der Waals surface area contributed by atoms with Gasteiger partial charge < -0.3 is 9.64 Å². The van der Waals surface area contributed by atoms with Crippen LogP contribution in [0.25, 0.3) is 0 Å². The zero-order chi connectivity index (χ0) is 21.8. The van der Waals surface area contributed by atoms with E-state index in [9.17, 15) is 18.4 Å². The molecule has 0 saturated carbocycles. The number of ether oxygens (including phenoxy) is 1. The van der Waals surface area contributed by atoms with Gasteiger partial charge in [-0.15, -0.1) is 0 Å². The van der Waals surface area contributed by atoms with Gasteiger partial charge in [0, 0.05) is 18.0 Å². The third-order valence-corrected chi connectivity index (χ3v) is 5.18. The molecule has 2 aromatic carbocycles. The fraction of sp³-hybridized carbons (Fsp3) is 0.250. The number of hydrogen-bond acceptors (Lipinski definition) is 3. The highest BCUT2D eigenvalue weighted by molar-refractivity contribution is 5.95. The lowest BCUT2D eigenvalue weighted by atomic mass is 9.83. The third kappa shape index (κ3) is 4.48. The molecule has 0 fully saturated rings. The van der Waals surface area contributed by atoms with Crippen LogP contribution in [0.3, 0.4) is 0 Å². The summed E-state index contributed by atoms with van der Waals surface area (Å²) in [6, 6.07) is 11.1. The zero-order valence-electron chi connectivity index (χ0n) is 17.0. The molecular weight excluding hydrogens is 388 g/mol. The summed E-state index contributed by atoms with van der Waals surface area (Å²) in [6.07, 6.45) is 1.55. The number of halogens is 2.